The van der Waals surface area contributed by atoms with Crippen molar-refractivity contribution in [2.45, 2.75) is 25.3 Å². The summed E-state index contributed by atoms with van der Waals surface area (Å²) < 4.78 is 1.81. The Morgan fingerprint density at radius 2 is 2.00 bits per heavy atom. The Morgan fingerprint density at radius 3 is 2.75 bits per heavy atom. The van der Waals surface area contributed by atoms with Gasteiger partial charge in [-0.05, 0) is 29.9 Å². The lowest BCUT2D eigenvalue weighted by Crippen LogP contribution is -2.12. The van der Waals surface area contributed by atoms with Crippen LogP contribution < -0.4 is 5.32 Å². The molecule has 3 heterocycles. The number of carbonyl (C=O) groups is 1. The third-order valence-electron chi connectivity index (χ3n) is 4.54. The van der Waals surface area contributed by atoms with E-state index in [1.807, 2.05) is 52.5 Å². The zero-order chi connectivity index (χ0) is 18.9. The Bertz CT molecular complexity index is 1100. The molecule has 0 atom stereocenters. The summed E-state index contributed by atoms with van der Waals surface area (Å²) >= 11 is 3.03. The maximum atomic E-state index is 13.0. The molecule has 140 valence electrons. The number of hydrogen-bond acceptors (Lipinski definition) is 6. The third-order valence-corrected chi connectivity index (χ3v) is 6.41. The molecule has 1 saturated carbocycles. The van der Waals surface area contributed by atoms with Gasteiger partial charge in [-0.2, -0.15) is 5.10 Å². The number of aromatic nitrogens is 4. The van der Waals surface area contributed by atoms with Crippen LogP contribution in [-0.2, 0) is 6.54 Å². The molecule has 1 aliphatic rings. The molecule has 1 aliphatic carbocycles. The standard InChI is InChI=1S/C20H17N5OS2/c26-18(21-20-23-22-19(28-20)14-8-9-14)15-12-25(11-13-5-2-1-3-6-13)24-17(15)16-7-4-10-27-16/h1-7,10,12,14H,8-9,11H2,(H,21,23,26). The van der Waals surface area contributed by atoms with Crippen LogP contribution in [0.3, 0.4) is 0 Å². The van der Waals surface area contributed by atoms with Crippen molar-refractivity contribution >= 4 is 33.7 Å². The van der Waals surface area contributed by atoms with E-state index in [0.29, 0.717) is 28.9 Å². The van der Waals surface area contributed by atoms with Crippen molar-refractivity contribution in [2.75, 3.05) is 5.32 Å². The molecule has 6 nitrogen and oxygen atoms in total. The fraction of sp³-hybridized carbons (Fsp3) is 0.200. The number of nitrogens with one attached hydrogen (secondary N) is 1. The van der Waals surface area contributed by atoms with Crippen molar-refractivity contribution in [3.05, 3.63) is 70.2 Å². The quantitative estimate of drug-likeness (QED) is 0.505. The van der Waals surface area contributed by atoms with Crippen LogP contribution in [-0.4, -0.2) is 25.9 Å². The van der Waals surface area contributed by atoms with Crippen LogP contribution in [0.15, 0.2) is 54.0 Å². The highest BCUT2D eigenvalue weighted by Gasteiger charge is 2.28. The van der Waals surface area contributed by atoms with Gasteiger partial charge in [-0.3, -0.25) is 14.8 Å². The molecule has 1 fully saturated rings. The van der Waals surface area contributed by atoms with Crippen LogP contribution in [0.2, 0.25) is 0 Å². The van der Waals surface area contributed by atoms with E-state index in [1.54, 1.807) is 17.5 Å². The van der Waals surface area contributed by atoms with Gasteiger partial charge in [0.15, 0.2) is 0 Å². The minimum atomic E-state index is -0.207. The first kappa shape index (κ1) is 17.3. The second kappa shape index (κ2) is 7.29. The largest absolute Gasteiger partial charge is 0.296 e. The first-order chi connectivity index (χ1) is 13.8. The summed E-state index contributed by atoms with van der Waals surface area (Å²) in [6.07, 6.45) is 4.13. The van der Waals surface area contributed by atoms with E-state index in [0.717, 1.165) is 28.3 Å². The smallest absolute Gasteiger partial charge is 0.261 e. The topological polar surface area (TPSA) is 72.7 Å². The number of thiophene rings is 1. The Hall–Kier alpha value is -2.84. The van der Waals surface area contributed by atoms with Gasteiger partial charge in [0, 0.05) is 12.1 Å². The van der Waals surface area contributed by atoms with E-state index in [4.69, 9.17) is 0 Å². The second-order valence-electron chi connectivity index (χ2n) is 6.73. The summed E-state index contributed by atoms with van der Waals surface area (Å²) in [6.45, 7) is 0.608. The summed E-state index contributed by atoms with van der Waals surface area (Å²) in [4.78, 5) is 13.9. The predicted molar refractivity (Wildman–Crippen MR) is 111 cm³/mol. The van der Waals surface area contributed by atoms with Crippen LogP contribution in [0.5, 0.6) is 0 Å². The van der Waals surface area contributed by atoms with Crippen molar-refractivity contribution < 1.29 is 4.79 Å². The summed E-state index contributed by atoms with van der Waals surface area (Å²) in [6, 6.07) is 14.0. The minimum Gasteiger partial charge on any atom is -0.296 e. The van der Waals surface area contributed by atoms with Crippen molar-refractivity contribution in [2.24, 2.45) is 0 Å². The van der Waals surface area contributed by atoms with Gasteiger partial charge in [0.25, 0.3) is 5.91 Å². The highest BCUT2D eigenvalue weighted by Crippen LogP contribution is 2.42. The van der Waals surface area contributed by atoms with E-state index in [2.05, 4.69) is 20.6 Å². The first-order valence-corrected chi connectivity index (χ1v) is 10.8. The number of rotatable bonds is 6. The number of benzene rings is 1. The SMILES string of the molecule is O=C(Nc1nnc(C2CC2)s1)c1cn(Cc2ccccc2)nc1-c1cccs1. The van der Waals surface area contributed by atoms with Crippen molar-refractivity contribution in [3.63, 3.8) is 0 Å². The lowest BCUT2D eigenvalue weighted by Gasteiger charge is -2.00. The van der Waals surface area contributed by atoms with Crippen LogP contribution >= 0.6 is 22.7 Å². The normalized spacial score (nSPS) is 13.6. The highest BCUT2D eigenvalue weighted by molar-refractivity contribution is 7.15. The Morgan fingerprint density at radius 1 is 1.14 bits per heavy atom. The zero-order valence-corrected chi connectivity index (χ0v) is 16.5. The molecule has 4 aromatic rings. The number of anilines is 1. The molecule has 0 spiro atoms. The van der Waals surface area contributed by atoms with Gasteiger partial charge in [-0.15, -0.1) is 21.5 Å². The third kappa shape index (κ3) is 3.61. The summed E-state index contributed by atoms with van der Waals surface area (Å²) in [5, 5.41) is 19.4. The maximum Gasteiger partial charge on any atom is 0.261 e. The zero-order valence-electron chi connectivity index (χ0n) is 14.9. The molecule has 1 amide bonds. The van der Waals surface area contributed by atoms with Crippen molar-refractivity contribution in [3.8, 4) is 10.6 Å². The maximum absolute atomic E-state index is 13.0. The van der Waals surface area contributed by atoms with E-state index < -0.39 is 0 Å². The monoisotopic (exact) mass is 407 g/mol. The van der Waals surface area contributed by atoms with Gasteiger partial charge < -0.3 is 0 Å². The number of nitrogens with zero attached hydrogens (tertiary/aromatic N) is 4. The van der Waals surface area contributed by atoms with E-state index in [1.165, 1.54) is 11.3 Å². The first-order valence-electron chi connectivity index (χ1n) is 9.06. The van der Waals surface area contributed by atoms with Crippen LogP contribution in [0.1, 0.15) is 39.7 Å². The fourth-order valence-electron chi connectivity index (χ4n) is 2.98. The predicted octanol–water partition coefficient (Wildman–Crippen LogP) is 4.64. The lowest BCUT2D eigenvalue weighted by atomic mass is 10.2. The molecule has 0 unspecified atom stereocenters. The molecule has 0 radical (unpaired) electrons. The average Bonchev–Trinajstić information content (AvgIpc) is 3.11. The van der Waals surface area contributed by atoms with Crippen LogP contribution in [0.4, 0.5) is 5.13 Å². The van der Waals surface area contributed by atoms with Crippen molar-refractivity contribution in [1.29, 1.82) is 0 Å². The van der Waals surface area contributed by atoms with Gasteiger partial charge >= 0.3 is 0 Å². The molecule has 1 N–H and O–H groups in total. The molecule has 5 rings (SSSR count). The second-order valence-corrected chi connectivity index (χ2v) is 8.68. The number of amides is 1. The molecule has 8 heteroatoms. The summed E-state index contributed by atoms with van der Waals surface area (Å²) in [5.41, 5.74) is 2.37. The van der Waals surface area contributed by atoms with Gasteiger partial charge in [0.1, 0.15) is 10.7 Å². The molecule has 0 saturated heterocycles. The fourth-order valence-corrected chi connectivity index (χ4v) is 4.61. The highest BCUT2D eigenvalue weighted by atomic mass is 32.1. The summed E-state index contributed by atoms with van der Waals surface area (Å²) in [5.74, 6) is 0.319. The Balaban J connectivity index is 1.43. The van der Waals surface area contributed by atoms with Gasteiger partial charge in [0.05, 0.1) is 17.0 Å². The molecular weight excluding hydrogens is 390 g/mol. The van der Waals surface area contributed by atoms with E-state index in [-0.39, 0.29) is 5.91 Å². The van der Waals surface area contributed by atoms with Crippen LogP contribution in [0, 0.1) is 0 Å². The van der Waals surface area contributed by atoms with Gasteiger partial charge in [0.2, 0.25) is 5.13 Å². The van der Waals surface area contributed by atoms with E-state index >= 15 is 0 Å². The molecule has 0 bridgehead atoms. The number of carbonyl (C=O) groups excluding carboxylic acids is 1. The minimum absolute atomic E-state index is 0.207. The molecule has 3 aromatic heterocycles. The Kier molecular flexibility index (Phi) is 4.50. The van der Waals surface area contributed by atoms with Crippen molar-refractivity contribution in [1.82, 2.24) is 20.0 Å². The number of hydrogen-bond donors (Lipinski definition) is 1. The average molecular weight is 408 g/mol. The van der Waals surface area contributed by atoms with Crippen LogP contribution in [0.25, 0.3) is 10.6 Å². The summed E-state index contributed by atoms with van der Waals surface area (Å²) in [7, 11) is 0. The molecule has 0 aliphatic heterocycles. The lowest BCUT2D eigenvalue weighted by molar-refractivity contribution is 0.102. The van der Waals surface area contributed by atoms with Gasteiger partial charge in [-0.1, -0.05) is 47.7 Å². The molecule has 28 heavy (non-hydrogen) atoms. The Labute approximate surface area is 169 Å². The molecule has 1 aromatic carbocycles. The van der Waals surface area contributed by atoms with E-state index in [9.17, 15) is 4.79 Å². The molecular formula is C20H17N5OS2. The van der Waals surface area contributed by atoms with Gasteiger partial charge in [-0.25, -0.2) is 0 Å².